The van der Waals surface area contributed by atoms with Crippen molar-refractivity contribution in [2.24, 2.45) is 0 Å². The summed E-state index contributed by atoms with van der Waals surface area (Å²) in [6.07, 6.45) is 3.64. The third-order valence-corrected chi connectivity index (χ3v) is 5.39. The van der Waals surface area contributed by atoms with Crippen LogP contribution in [0.4, 0.5) is 10.1 Å². The van der Waals surface area contributed by atoms with Crippen molar-refractivity contribution in [3.63, 3.8) is 0 Å². The Balaban J connectivity index is 1.43. The van der Waals surface area contributed by atoms with Gasteiger partial charge in [0.2, 0.25) is 0 Å². The Morgan fingerprint density at radius 1 is 1.33 bits per heavy atom. The fourth-order valence-electron chi connectivity index (χ4n) is 3.15. The van der Waals surface area contributed by atoms with E-state index in [0.29, 0.717) is 19.7 Å². The molecular weight excluding hydrogens is 367 g/mol. The Hall–Kier alpha value is -2.58. The number of aromatic nitrogens is 2. The second kappa shape index (κ2) is 7.98. The van der Waals surface area contributed by atoms with Gasteiger partial charge in [-0.25, -0.2) is 9.37 Å². The third-order valence-electron chi connectivity index (χ3n) is 4.46. The number of fused-ring (bicyclic) bond motifs is 1. The number of nitrogens with zero attached hydrogens (tertiary/aromatic N) is 3. The number of carbonyl (C=O) groups excluding carboxylic acids is 1. The first kappa shape index (κ1) is 17.8. The van der Waals surface area contributed by atoms with Gasteiger partial charge in [-0.15, -0.1) is 11.3 Å². The molecule has 27 heavy (non-hydrogen) atoms. The molecule has 1 saturated heterocycles. The van der Waals surface area contributed by atoms with Gasteiger partial charge in [-0.05, 0) is 36.1 Å². The average molecular weight is 386 g/mol. The van der Waals surface area contributed by atoms with Crippen LogP contribution in [0.2, 0.25) is 0 Å². The monoisotopic (exact) mass is 386 g/mol. The normalized spacial score (nSPS) is 17.7. The van der Waals surface area contributed by atoms with Crippen LogP contribution in [-0.4, -0.2) is 48.2 Å². The molecule has 4 heterocycles. The molecule has 1 amide bonds. The predicted octanol–water partition coefficient (Wildman–Crippen LogP) is 2.86. The van der Waals surface area contributed by atoms with E-state index in [1.54, 1.807) is 11.3 Å². The Labute approximate surface area is 160 Å². The van der Waals surface area contributed by atoms with Crippen LogP contribution in [-0.2, 0) is 4.74 Å². The molecule has 0 bridgehead atoms. The van der Waals surface area contributed by atoms with Crippen molar-refractivity contribution < 1.29 is 13.9 Å². The summed E-state index contributed by atoms with van der Waals surface area (Å²) < 4.78 is 20.0. The van der Waals surface area contributed by atoms with E-state index >= 15 is 0 Å². The maximum absolute atomic E-state index is 12.9. The number of rotatable bonds is 4. The molecule has 1 fully saturated rings. The van der Waals surface area contributed by atoms with E-state index in [-0.39, 0.29) is 17.7 Å². The van der Waals surface area contributed by atoms with Crippen LogP contribution in [0.15, 0.2) is 42.0 Å². The van der Waals surface area contributed by atoms with Crippen molar-refractivity contribution in [2.45, 2.75) is 12.5 Å². The van der Waals surface area contributed by atoms with Crippen LogP contribution in [0.3, 0.4) is 0 Å². The Bertz CT molecular complexity index is 931. The van der Waals surface area contributed by atoms with Crippen LogP contribution >= 0.6 is 11.3 Å². The maximum Gasteiger partial charge on any atom is 0.269 e. The summed E-state index contributed by atoms with van der Waals surface area (Å²) in [5.41, 5.74) is 2.34. The van der Waals surface area contributed by atoms with Crippen molar-refractivity contribution >= 4 is 33.1 Å². The summed E-state index contributed by atoms with van der Waals surface area (Å²) in [6.45, 7) is 2.58. The summed E-state index contributed by atoms with van der Waals surface area (Å²) in [4.78, 5) is 22.7. The Kier molecular flexibility index (Phi) is 5.26. The number of thiophene rings is 1. The number of amides is 1. The van der Waals surface area contributed by atoms with Crippen LogP contribution in [0.1, 0.15) is 16.9 Å². The number of ether oxygens (including phenoxy) is 1. The Morgan fingerprint density at radius 3 is 3.11 bits per heavy atom. The highest BCUT2D eigenvalue weighted by atomic mass is 32.1. The number of nitrogens with one attached hydrogen (secondary N) is 1. The van der Waals surface area contributed by atoms with E-state index in [1.807, 2.05) is 23.7 Å². The van der Waals surface area contributed by atoms with Crippen LogP contribution < -0.4 is 10.2 Å². The third kappa shape index (κ3) is 4.06. The van der Waals surface area contributed by atoms with Crippen LogP contribution in [0, 0.1) is 5.82 Å². The lowest BCUT2D eigenvalue weighted by Gasteiger charge is -2.26. The molecular formula is C19H19FN4O2S. The molecule has 8 heteroatoms. The lowest BCUT2D eigenvalue weighted by atomic mass is 10.2. The van der Waals surface area contributed by atoms with E-state index in [1.165, 1.54) is 12.1 Å². The van der Waals surface area contributed by atoms with E-state index in [0.717, 1.165) is 35.1 Å². The number of hydrogen-bond acceptors (Lipinski definition) is 6. The van der Waals surface area contributed by atoms with Crippen molar-refractivity contribution in [3.05, 3.63) is 53.6 Å². The van der Waals surface area contributed by atoms with Gasteiger partial charge in [0, 0.05) is 32.4 Å². The smallest absolute Gasteiger partial charge is 0.269 e. The highest BCUT2D eigenvalue weighted by Crippen LogP contribution is 2.30. The molecule has 0 radical (unpaired) electrons. The van der Waals surface area contributed by atoms with E-state index in [2.05, 4.69) is 20.2 Å². The Morgan fingerprint density at radius 2 is 2.26 bits per heavy atom. The summed E-state index contributed by atoms with van der Waals surface area (Å²) in [5.74, 6) is -0.800. The van der Waals surface area contributed by atoms with Crippen molar-refractivity contribution in [3.8, 4) is 0 Å². The average Bonchev–Trinajstić information content (AvgIpc) is 3.05. The number of anilines is 1. The van der Waals surface area contributed by atoms with Gasteiger partial charge in [-0.3, -0.25) is 9.78 Å². The fourth-order valence-corrected chi connectivity index (χ4v) is 4.05. The molecule has 3 aromatic heterocycles. The van der Waals surface area contributed by atoms with Crippen LogP contribution in [0.25, 0.3) is 10.2 Å². The van der Waals surface area contributed by atoms with Gasteiger partial charge >= 0.3 is 0 Å². The molecule has 1 atom stereocenters. The number of halogens is 1. The van der Waals surface area contributed by atoms with Gasteiger partial charge in [0.1, 0.15) is 11.5 Å². The van der Waals surface area contributed by atoms with Gasteiger partial charge < -0.3 is 15.0 Å². The van der Waals surface area contributed by atoms with E-state index in [9.17, 15) is 9.18 Å². The first-order chi connectivity index (χ1) is 13.2. The van der Waals surface area contributed by atoms with Gasteiger partial charge in [0.05, 0.1) is 28.2 Å². The molecule has 3 aromatic rings. The number of carbonyl (C=O) groups is 1. The zero-order valence-electron chi connectivity index (χ0n) is 14.6. The molecule has 0 spiro atoms. The molecule has 1 unspecified atom stereocenters. The topological polar surface area (TPSA) is 67.4 Å². The maximum atomic E-state index is 12.9. The summed E-state index contributed by atoms with van der Waals surface area (Å²) in [7, 11) is 0. The lowest BCUT2D eigenvalue weighted by molar-refractivity contribution is 0.0638. The second-order valence-corrected chi connectivity index (χ2v) is 7.25. The minimum atomic E-state index is -0.466. The summed E-state index contributed by atoms with van der Waals surface area (Å²) in [5, 5.41) is 4.88. The molecule has 0 aliphatic carbocycles. The lowest BCUT2D eigenvalue weighted by Crippen LogP contribution is -2.40. The largest absolute Gasteiger partial charge is 0.374 e. The quantitative estimate of drug-likeness (QED) is 0.747. The van der Waals surface area contributed by atoms with Crippen LogP contribution in [0.5, 0.6) is 0 Å². The second-order valence-electron chi connectivity index (χ2n) is 6.33. The standard InChI is InChI=1S/C19H19FN4O2S/c20-13-2-3-16(22-10-13)19(25)23-11-14-12-24(7-1-8-26-14)17-4-6-21-15-5-9-27-18(15)17/h2-6,9-10,14H,1,7-8,11-12H2,(H,23,25). The molecule has 1 aliphatic rings. The predicted molar refractivity (Wildman–Crippen MR) is 103 cm³/mol. The number of hydrogen-bond donors (Lipinski definition) is 1. The molecule has 6 nitrogen and oxygen atoms in total. The number of pyridine rings is 2. The van der Waals surface area contributed by atoms with E-state index in [4.69, 9.17) is 4.74 Å². The minimum absolute atomic E-state index is 0.139. The zero-order chi connectivity index (χ0) is 18.6. The zero-order valence-corrected chi connectivity index (χ0v) is 15.4. The van der Waals surface area contributed by atoms with Crippen molar-refractivity contribution in [1.82, 2.24) is 15.3 Å². The highest BCUT2D eigenvalue weighted by Gasteiger charge is 2.22. The molecule has 0 saturated carbocycles. The molecule has 1 N–H and O–H groups in total. The fraction of sp³-hybridized carbons (Fsp3) is 0.316. The van der Waals surface area contributed by atoms with Gasteiger partial charge in [-0.2, -0.15) is 0 Å². The van der Waals surface area contributed by atoms with Gasteiger partial charge in [0.25, 0.3) is 5.91 Å². The first-order valence-electron chi connectivity index (χ1n) is 8.79. The van der Waals surface area contributed by atoms with Gasteiger partial charge in [0.15, 0.2) is 0 Å². The first-order valence-corrected chi connectivity index (χ1v) is 9.67. The van der Waals surface area contributed by atoms with Crippen molar-refractivity contribution in [1.29, 1.82) is 0 Å². The summed E-state index contributed by atoms with van der Waals surface area (Å²) >= 11 is 1.68. The van der Waals surface area contributed by atoms with E-state index < -0.39 is 5.82 Å². The van der Waals surface area contributed by atoms with Gasteiger partial charge in [-0.1, -0.05) is 0 Å². The molecule has 1 aliphatic heterocycles. The highest BCUT2D eigenvalue weighted by molar-refractivity contribution is 7.17. The summed E-state index contributed by atoms with van der Waals surface area (Å²) in [6, 6.07) is 6.64. The minimum Gasteiger partial charge on any atom is -0.374 e. The molecule has 140 valence electrons. The SMILES string of the molecule is O=C(NCC1CN(c2ccnc3ccsc23)CCCO1)c1ccc(F)cn1. The molecule has 0 aromatic carbocycles. The molecule has 4 rings (SSSR count). The van der Waals surface area contributed by atoms with Crippen molar-refractivity contribution in [2.75, 3.05) is 31.1 Å².